The first kappa shape index (κ1) is 17.3. The van der Waals surface area contributed by atoms with Crippen LogP contribution in [0.25, 0.3) is 0 Å². The lowest BCUT2D eigenvalue weighted by Crippen LogP contribution is -2.45. The molecule has 1 heterocycles. The second kappa shape index (κ2) is 8.52. The molecule has 20 heavy (non-hydrogen) atoms. The van der Waals surface area contributed by atoms with Gasteiger partial charge in [-0.25, -0.2) is 4.57 Å². The van der Waals surface area contributed by atoms with Crippen molar-refractivity contribution in [2.45, 2.75) is 39.3 Å². The van der Waals surface area contributed by atoms with Crippen molar-refractivity contribution in [3.8, 4) is 0 Å². The fourth-order valence-electron chi connectivity index (χ4n) is 2.36. The Kier molecular flexibility index (Phi) is 7.37. The van der Waals surface area contributed by atoms with E-state index in [2.05, 4.69) is 42.8 Å². The van der Waals surface area contributed by atoms with Gasteiger partial charge in [0.15, 0.2) is 11.9 Å². The largest absolute Gasteiger partial charge is 0.500 e. The summed E-state index contributed by atoms with van der Waals surface area (Å²) in [6, 6.07) is 7.22. The van der Waals surface area contributed by atoms with Crippen LogP contribution >= 0.6 is 0 Å². The summed E-state index contributed by atoms with van der Waals surface area (Å²) < 4.78 is 18.7. The van der Waals surface area contributed by atoms with E-state index in [1.807, 2.05) is 0 Å². The SMILES string of the molecule is CO[Si](CCC[n+]1ccccc1CC(C)C)(OC)OC. The number of hydrogen-bond acceptors (Lipinski definition) is 3. The van der Waals surface area contributed by atoms with E-state index in [1.165, 1.54) is 5.69 Å². The van der Waals surface area contributed by atoms with Gasteiger partial charge in [0, 0.05) is 52.3 Å². The molecule has 0 aliphatic heterocycles. The monoisotopic (exact) mass is 298 g/mol. The van der Waals surface area contributed by atoms with Gasteiger partial charge in [0.2, 0.25) is 0 Å². The van der Waals surface area contributed by atoms with Crippen molar-refractivity contribution in [2.24, 2.45) is 5.92 Å². The second-order valence-corrected chi connectivity index (χ2v) is 8.47. The maximum atomic E-state index is 5.45. The molecule has 0 bridgehead atoms. The molecule has 0 saturated carbocycles. The number of rotatable bonds is 9. The highest BCUT2D eigenvalue weighted by Gasteiger charge is 2.37. The predicted molar refractivity (Wildman–Crippen MR) is 81.4 cm³/mol. The molecular formula is C15H28NO3Si+. The molecule has 1 rings (SSSR count). The molecule has 0 fully saturated rings. The van der Waals surface area contributed by atoms with Gasteiger partial charge >= 0.3 is 8.80 Å². The number of aromatic nitrogens is 1. The van der Waals surface area contributed by atoms with Crippen molar-refractivity contribution in [2.75, 3.05) is 21.3 Å². The minimum atomic E-state index is -2.43. The predicted octanol–water partition coefficient (Wildman–Crippen LogP) is 2.44. The molecule has 0 amide bonds. The van der Waals surface area contributed by atoms with Crippen molar-refractivity contribution in [3.05, 3.63) is 30.1 Å². The summed E-state index contributed by atoms with van der Waals surface area (Å²) in [5.74, 6) is 0.661. The Bertz CT molecular complexity index is 386. The van der Waals surface area contributed by atoms with Gasteiger partial charge in [-0.3, -0.25) is 0 Å². The second-order valence-electron chi connectivity index (χ2n) is 5.38. The maximum Gasteiger partial charge on any atom is 0.500 e. The van der Waals surface area contributed by atoms with Crippen molar-refractivity contribution in [3.63, 3.8) is 0 Å². The summed E-state index contributed by atoms with van der Waals surface area (Å²) in [6.07, 6.45) is 4.23. The minimum absolute atomic E-state index is 0.661. The molecule has 0 atom stereocenters. The van der Waals surface area contributed by atoms with Gasteiger partial charge in [-0.2, -0.15) is 0 Å². The Morgan fingerprint density at radius 2 is 1.75 bits per heavy atom. The summed E-state index contributed by atoms with van der Waals surface area (Å²) in [5.41, 5.74) is 1.38. The van der Waals surface area contributed by atoms with Crippen LogP contribution in [0.1, 0.15) is 26.0 Å². The van der Waals surface area contributed by atoms with Gasteiger partial charge in [-0.15, -0.1) is 0 Å². The Morgan fingerprint density at radius 1 is 1.10 bits per heavy atom. The van der Waals surface area contributed by atoms with Crippen molar-refractivity contribution < 1.29 is 17.8 Å². The zero-order chi connectivity index (χ0) is 15.0. The quantitative estimate of drug-likeness (QED) is 0.518. The molecule has 5 heteroatoms. The van der Waals surface area contributed by atoms with Crippen LogP contribution < -0.4 is 4.57 Å². The molecule has 0 unspecified atom stereocenters. The van der Waals surface area contributed by atoms with E-state index >= 15 is 0 Å². The van der Waals surface area contributed by atoms with Crippen LogP contribution in [0.4, 0.5) is 0 Å². The van der Waals surface area contributed by atoms with Crippen LogP contribution in [0.3, 0.4) is 0 Å². The summed E-state index contributed by atoms with van der Waals surface area (Å²) >= 11 is 0. The van der Waals surface area contributed by atoms with E-state index in [4.69, 9.17) is 13.3 Å². The highest BCUT2D eigenvalue weighted by molar-refractivity contribution is 6.60. The molecule has 0 spiro atoms. The zero-order valence-corrected chi connectivity index (χ0v) is 14.4. The zero-order valence-electron chi connectivity index (χ0n) is 13.4. The maximum absolute atomic E-state index is 5.45. The molecule has 114 valence electrons. The molecule has 4 nitrogen and oxygen atoms in total. The minimum Gasteiger partial charge on any atom is -0.377 e. The number of hydrogen-bond donors (Lipinski definition) is 0. The van der Waals surface area contributed by atoms with Crippen molar-refractivity contribution in [1.29, 1.82) is 0 Å². The Balaban J connectivity index is 2.61. The third-order valence-electron chi connectivity index (χ3n) is 3.47. The first-order valence-corrected chi connectivity index (χ1v) is 9.13. The van der Waals surface area contributed by atoms with Crippen molar-refractivity contribution in [1.82, 2.24) is 0 Å². The van der Waals surface area contributed by atoms with E-state index in [0.29, 0.717) is 5.92 Å². The molecular weight excluding hydrogens is 270 g/mol. The number of pyridine rings is 1. The average Bonchev–Trinajstić information content (AvgIpc) is 2.45. The molecule has 0 radical (unpaired) electrons. The van der Waals surface area contributed by atoms with E-state index in [0.717, 1.165) is 25.4 Å². The molecule has 0 aliphatic rings. The van der Waals surface area contributed by atoms with E-state index in [-0.39, 0.29) is 0 Å². The van der Waals surface area contributed by atoms with Gasteiger partial charge in [0.25, 0.3) is 0 Å². The molecule has 1 aromatic heterocycles. The van der Waals surface area contributed by atoms with E-state index < -0.39 is 8.80 Å². The first-order chi connectivity index (χ1) is 9.56. The fraction of sp³-hybridized carbons (Fsp3) is 0.667. The van der Waals surface area contributed by atoms with Gasteiger partial charge in [0.05, 0.1) is 0 Å². The topological polar surface area (TPSA) is 31.6 Å². The Hall–Kier alpha value is -0.753. The summed E-state index contributed by atoms with van der Waals surface area (Å²) in [6.45, 7) is 5.46. The molecule has 0 aliphatic carbocycles. The van der Waals surface area contributed by atoms with E-state index in [9.17, 15) is 0 Å². The van der Waals surface area contributed by atoms with Crippen LogP contribution in [0.15, 0.2) is 24.4 Å². The third kappa shape index (κ3) is 4.98. The Labute approximate surface area is 124 Å². The summed E-state index contributed by atoms with van der Waals surface area (Å²) in [7, 11) is 2.56. The lowest BCUT2D eigenvalue weighted by molar-refractivity contribution is -0.704. The molecule has 0 N–H and O–H groups in total. The summed E-state index contributed by atoms with van der Waals surface area (Å²) in [4.78, 5) is 0. The van der Waals surface area contributed by atoms with E-state index in [1.54, 1.807) is 21.3 Å². The summed E-state index contributed by atoms with van der Waals surface area (Å²) in [5, 5.41) is 0. The van der Waals surface area contributed by atoms with Gasteiger partial charge in [-0.05, 0) is 5.92 Å². The van der Waals surface area contributed by atoms with Crippen LogP contribution in [-0.2, 0) is 26.2 Å². The Morgan fingerprint density at radius 3 is 2.30 bits per heavy atom. The van der Waals surface area contributed by atoms with Gasteiger partial charge < -0.3 is 13.3 Å². The van der Waals surface area contributed by atoms with Gasteiger partial charge in [0.1, 0.15) is 6.54 Å². The number of nitrogens with zero attached hydrogens (tertiary/aromatic N) is 1. The molecule has 0 saturated heterocycles. The van der Waals surface area contributed by atoms with Crippen LogP contribution in [0, 0.1) is 5.92 Å². The van der Waals surface area contributed by atoms with Crippen LogP contribution in [0.2, 0.25) is 6.04 Å². The highest BCUT2D eigenvalue weighted by Crippen LogP contribution is 2.15. The third-order valence-corrected chi connectivity index (χ3v) is 6.30. The average molecular weight is 298 g/mol. The molecule has 0 aromatic carbocycles. The normalized spacial score (nSPS) is 12.1. The smallest absolute Gasteiger partial charge is 0.377 e. The van der Waals surface area contributed by atoms with Crippen LogP contribution in [0.5, 0.6) is 0 Å². The van der Waals surface area contributed by atoms with Crippen LogP contribution in [-0.4, -0.2) is 30.1 Å². The van der Waals surface area contributed by atoms with Gasteiger partial charge in [-0.1, -0.05) is 19.9 Å². The first-order valence-electron chi connectivity index (χ1n) is 7.19. The standard InChI is InChI=1S/C15H28NO3Si/c1-14(2)13-15-9-6-7-10-16(15)11-8-12-20(17-3,18-4)19-5/h6-7,9-10,14H,8,11-13H2,1-5H3/q+1. The fourth-order valence-corrected chi connectivity index (χ4v) is 4.06. The number of aryl methyl sites for hydroxylation is 1. The van der Waals surface area contributed by atoms with Crippen molar-refractivity contribution >= 4 is 8.80 Å². The molecule has 1 aromatic rings. The lowest BCUT2D eigenvalue weighted by Gasteiger charge is -2.23. The highest BCUT2D eigenvalue weighted by atomic mass is 28.4. The lowest BCUT2D eigenvalue weighted by atomic mass is 10.1.